The van der Waals surface area contributed by atoms with Crippen LogP contribution in [-0.4, -0.2) is 40.1 Å². The molecule has 1 atom stereocenters. The van der Waals surface area contributed by atoms with E-state index in [2.05, 4.69) is 28.0 Å². The summed E-state index contributed by atoms with van der Waals surface area (Å²) in [6.07, 6.45) is 2.07. The lowest BCUT2D eigenvalue weighted by molar-refractivity contribution is -0.128. The maximum atomic E-state index is 12.6. The highest BCUT2D eigenvalue weighted by molar-refractivity contribution is 9.10. The number of nitrogens with zero attached hydrogens (tertiary/aromatic N) is 3. The van der Waals surface area contributed by atoms with Gasteiger partial charge in [-0.15, -0.1) is 0 Å². The molecule has 0 aromatic carbocycles. The van der Waals surface area contributed by atoms with Gasteiger partial charge in [0.1, 0.15) is 0 Å². The van der Waals surface area contributed by atoms with Gasteiger partial charge in [0, 0.05) is 7.05 Å². The second kappa shape index (κ2) is 6.18. The van der Waals surface area contributed by atoms with Crippen LogP contribution in [0.1, 0.15) is 38.6 Å². The van der Waals surface area contributed by atoms with Gasteiger partial charge in [-0.1, -0.05) is 13.8 Å². The lowest BCUT2D eigenvalue weighted by Gasteiger charge is -2.34. The Bertz CT molecular complexity index is 468. The molecule has 1 aromatic heterocycles. The molecule has 0 saturated heterocycles. The standard InChI is InChI=1S/C14H24BrN3O/c1-7-10-13(15)11(18(6)16-10)9-12(19)14(3,8-2)17(4)5/h7-9H2,1-6H3. The van der Waals surface area contributed by atoms with Crippen LogP contribution >= 0.6 is 15.9 Å². The molecule has 19 heavy (non-hydrogen) atoms. The van der Waals surface area contributed by atoms with Crippen molar-refractivity contribution in [3.8, 4) is 0 Å². The first-order valence-electron chi connectivity index (χ1n) is 6.68. The predicted octanol–water partition coefficient (Wildman–Crippen LogP) is 2.59. The molecule has 0 bridgehead atoms. The van der Waals surface area contributed by atoms with Gasteiger partial charge in [-0.25, -0.2) is 0 Å². The minimum Gasteiger partial charge on any atom is -0.297 e. The van der Waals surface area contributed by atoms with Gasteiger partial charge in [-0.3, -0.25) is 14.4 Å². The molecule has 1 aromatic rings. The molecule has 0 fully saturated rings. The Morgan fingerprint density at radius 1 is 1.42 bits per heavy atom. The van der Waals surface area contributed by atoms with E-state index >= 15 is 0 Å². The van der Waals surface area contributed by atoms with Gasteiger partial charge >= 0.3 is 0 Å². The molecule has 0 aliphatic rings. The molecule has 5 heteroatoms. The van der Waals surface area contributed by atoms with E-state index in [1.54, 1.807) is 0 Å². The Morgan fingerprint density at radius 2 is 2.00 bits per heavy atom. The number of carbonyl (C=O) groups is 1. The number of Topliss-reactive ketones (excluding diaryl/α,β-unsaturated/α-hetero) is 1. The number of hydrogen-bond acceptors (Lipinski definition) is 3. The van der Waals surface area contributed by atoms with Crippen LogP contribution in [-0.2, 0) is 24.7 Å². The van der Waals surface area contributed by atoms with Crippen molar-refractivity contribution in [1.82, 2.24) is 14.7 Å². The fourth-order valence-corrected chi connectivity index (χ4v) is 2.87. The van der Waals surface area contributed by atoms with E-state index in [4.69, 9.17) is 0 Å². The molecule has 0 spiro atoms. The minimum absolute atomic E-state index is 0.228. The zero-order chi connectivity index (χ0) is 14.8. The summed E-state index contributed by atoms with van der Waals surface area (Å²) in [5, 5.41) is 4.44. The summed E-state index contributed by atoms with van der Waals surface area (Å²) in [6, 6.07) is 0. The van der Waals surface area contributed by atoms with Crippen LogP contribution in [0.25, 0.3) is 0 Å². The molecule has 0 saturated carbocycles. The fourth-order valence-electron chi connectivity index (χ4n) is 2.12. The second-order valence-corrected chi connectivity index (χ2v) is 6.10. The Balaban J connectivity index is 3.03. The molecule has 1 heterocycles. The van der Waals surface area contributed by atoms with Gasteiger partial charge in [-0.05, 0) is 49.8 Å². The summed E-state index contributed by atoms with van der Waals surface area (Å²) in [5.41, 5.74) is 1.55. The van der Waals surface area contributed by atoms with Gasteiger partial charge in [0.15, 0.2) is 5.78 Å². The van der Waals surface area contributed by atoms with Crippen molar-refractivity contribution >= 4 is 21.7 Å². The molecule has 0 aliphatic carbocycles. The van der Waals surface area contributed by atoms with Crippen LogP contribution < -0.4 is 0 Å². The molecule has 1 unspecified atom stereocenters. The van der Waals surface area contributed by atoms with E-state index in [1.807, 2.05) is 44.6 Å². The third kappa shape index (κ3) is 3.08. The first-order valence-corrected chi connectivity index (χ1v) is 7.48. The van der Waals surface area contributed by atoms with Gasteiger partial charge in [0.25, 0.3) is 0 Å². The smallest absolute Gasteiger partial charge is 0.158 e. The van der Waals surface area contributed by atoms with Crippen molar-refractivity contribution in [2.75, 3.05) is 14.1 Å². The number of carbonyl (C=O) groups excluding carboxylic acids is 1. The largest absolute Gasteiger partial charge is 0.297 e. The zero-order valence-electron chi connectivity index (χ0n) is 12.7. The van der Waals surface area contributed by atoms with Crippen molar-refractivity contribution in [3.63, 3.8) is 0 Å². The number of rotatable bonds is 6. The molecule has 0 amide bonds. The van der Waals surface area contributed by atoms with Crippen molar-refractivity contribution in [3.05, 3.63) is 15.9 Å². The van der Waals surface area contributed by atoms with Gasteiger partial charge in [0.2, 0.25) is 0 Å². The van der Waals surface area contributed by atoms with E-state index < -0.39 is 5.54 Å². The van der Waals surface area contributed by atoms with Crippen LogP contribution in [0.5, 0.6) is 0 Å². The second-order valence-electron chi connectivity index (χ2n) is 5.31. The lowest BCUT2D eigenvalue weighted by Crippen LogP contribution is -2.48. The summed E-state index contributed by atoms with van der Waals surface area (Å²) in [6.45, 7) is 6.11. The topological polar surface area (TPSA) is 38.1 Å². The van der Waals surface area contributed by atoms with Crippen molar-refractivity contribution in [1.29, 1.82) is 0 Å². The SMILES string of the molecule is CCc1nn(C)c(CC(=O)C(C)(CC)N(C)C)c1Br. The molecule has 0 aliphatic heterocycles. The predicted molar refractivity (Wildman–Crippen MR) is 81.4 cm³/mol. The quantitative estimate of drug-likeness (QED) is 0.805. The summed E-state index contributed by atoms with van der Waals surface area (Å²) in [5.74, 6) is 0.228. The Morgan fingerprint density at radius 3 is 2.37 bits per heavy atom. The number of halogens is 1. The van der Waals surface area contributed by atoms with Crippen LogP contribution in [0.2, 0.25) is 0 Å². The molecular formula is C14H24BrN3O. The fraction of sp³-hybridized carbons (Fsp3) is 0.714. The maximum absolute atomic E-state index is 12.6. The van der Waals surface area contributed by atoms with E-state index in [0.717, 1.165) is 28.7 Å². The van der Waals surface area contributed by atoms with E-state index in [0.29, 0.717) is 6.42 Å². The molecule has 108 valence electrons. The van der Waals surface area contributed by atoms with E-state index in [-0.39, 0.29) is 5.78 Å². The number of hydrogen-bond donors (Lipinski definition) is 0. The summed E-state index contributed by atoms with van der Waals surface area (Å²) >= 11 is 3.57. The summed E-state index contributed by atoms with van der Waals surface area (Å²) in [7, 11) is 5.81. The minimum atomic E-state index is -0.421. The van der Waals surface area contributed by atoms with Crippen LogP contribution in [0.15, 0.2) is 4.47 Å². The average Bonchev–Trinajstić information content (AvgIpc) is 2.64. The monoisotopic (exact) mass is 329 g/mol. The molecule has 0 N–H and O–H groups in total. The molecular weight excluding hydrogens is 306 g/mol. The molecule has 4 nitrogen and oxygen atoms in total. The first kappa shape index (κ1) is 16.4. The molecule has 0 radical (unpaired) electrons. The Labute approximate surface area is 124 Å². The van der Waals surface area contributed by atoms with Crippen LogP contribution in [0, 0.1) is 0 Å². The van der Waals surface area contributed by atoms with Crippen molar-refractivity contribution < 1.29 is 4.79 Å². The van der Waals surface area contributed by atoms with Crippen molar-refractivity contribution in [2.45, 2.75) is 45.6 Å². The normalized spacial score (nSPS) is 14.7. The first-order chi connectivity index (χ1) is 8.77. The highest BCUT2D eigenvalue weighted by Crippen LogP contribution is 2.25. The maximum Gasteiger partial charge on any atom is 0.158 e. The highest BCUT2D eigenvalue weighted by atomic mass is 79.9. The van der Waals surface area contributed by atoms with Gasteiger partial charge < -0.3 is 0 Å². The number of aromatic nitrogens is 2. The van der Waals surface area contributed by atoms with Gasteiger partial charge in [-0.2, -0.15) is 5.10 Å². The summed E-state index contributed by atoms with van der Waals surface area (Å²) < 4.78 is 2.79. The number of likely N-dealkylation sites (N-methyl/N-ethyl adjacent to an activating group) is 1. The number of aryl methyl sites for hydroxylation is 2. The van der Waals surface area contributed by atoms with Crippen LogP contribution in [0.4, 0.5) is 0 Å². The Kier molecular flexibility index (Phi) is 5.33. The average molecular weight is 330 g/mol. The highest BCUT2D eigenvalue weighted by Gasteiger charge is 2.34. The molecule has 1 rings (SSSR count). The zero-order valence-corrected chi connectivity index (χ0v) is 14.3. The van der Waals surface area contributed by atoms with E-state index in [9.17, 15) is 4.79 Å². The third-order valence-corrected chi connectivity index (χ3v) is 5.02. The van der Waals surface area contributed by atoms with E-state index in [1.165, 1.54) is 0 Å². The summed E-state index contributed by atoms with van der Waals surface area (Å²) in [4.78, 5) is 14.6. The Hall–Kier alpha value is -0.680. The lowest BCUT2D eigenvalue weighted by atomic mass is 9.89. The van der Waals surface area contributed by atoms with Gasteiger partial charge in [0.05, 0.1) is 27.8 Å². The van der Waals surface area contributed by atoms with Crippen LogP contribution in [0.3, 0.4) is 0 Å². The third-order valence-electron chi connectivity index (χ3n) is 4.11. The number of ketones is 1. The van der Waals surface area contributed by atoms with Crippen molar-refractivity contribution in [2.24, 2.45) is 7.05 Å².